The first-order chi connectivity index (χ1) is 4.83. The first-order valence-corrected chi connectivity index (χ1v) is 3.78. The van der Waals surface area contributed by atoms with Crippen molar-refractivity contribution < 1.29 is 4.79 Å². The van der Waals surface area contributed by atoms with Gasteiger partial charge in [0.1, 0.15) is 0 Å². The average molecular weight is 140 g/mol. The lowest BCUT2D eigenvalue weighted by atomic mass is 10.2. The maximum Gasteiger partial charge on any atom is 0.237 e. The van der Waals surface area contributed by atoms with E-state index >= 15 is 0 Å². The van der Waals surface area contributed by atoms with Crippen LogP contribution in [0.5, 0.6) is 0 Å². The summed E-state index contributed by atoms with van der Waals surface area (Å²) in [5.74, 6) is 1.62. The van der Waals surface area contributed by atoms with E-state index in [-0.39, 0.29) is 11.9 Å². The number of nitrogens with one attached hydrogen (secondary N) is 2. The van der Waals surface area contributed by atoms with Gasteiger partial charge in [0.25, 0.3) is 0 Å². The van der Waals surface area contributed by atoms with Gasteiger partial charge in [-0.05, 0) is 24.8 Å². The van der Waals surface area contributed by atoms with Crippen molar-refractivity contribution in [1.82, 2.24) is 10.6 Å². The summed E-state index contributed by atoms with van der Waals surface area (Å²) in [7, 11) is 1.69. The summed E-state index contributed by atoms with van der Waals surface area (Å²) >= 11 is 0. The van der Waals surface area contributed by atoms with E-state index in [0.717, 1.165) is 12.5 Å². The van der Waals surface area contributed by atoms with Crippen LogP contribution in [0.3, 0.4) is 0 Å². The van der Waals surface area contributed by atoms with Gasteiger partial charge in [0, 0.05) is 7.05 Å². The molecule has 0 bridgehead atoms. The predicted octanol–water partition coefficient (Wildman–Crippen LogP) is -0.660. The summed E-state index contributed by atoms with van der Waals surface area (Å²) in [6.45, 7) is 1.04. The predicted molar refractivity (Wildman–Crippen MR) is 37.5 cm³/mol. The van der Waals surface area contributed by atoms with Gasteiger partial charge in [-0.15, -0.1) is 0 Å². The number of carbonyl (C=O) groups is 1. The summed E-state index contributed by atoms with van der Waals surface area (Å²) in [4.78, 5) is 11.1. The van der Waals surface area contributed by atoms with Crippen molar-refractivity contribution in [1.29, 1.82) is 0 Å². The molecule has 1 amide bonds. The Labute approximate surface area is 60.2 Å². The topological polar surface area (TPSA) is 41.1 Å². The summed E-state index contributed by atoms with van der Waals surface area (Å²) < 4.78 is 0. The van der Waals surface area contributed by atoms with Crippen LogP contribution in [-0.2, 0) is 4.79 Å². The number of carbonyl (C=O) groups excluding carboxylic acids is 1. The highest BCUT2D eigenvalue weighted by Gasteiger charge is 2.50. The van der Waals surface area contributed by atoms with E-state index in [0.29, 0.717) is 5.92 Å². The van der Waals surface area contributed by atoms with Crippen LogP contribution < -0.4 is 10.6 Å². The molecule has 2 fully saturated rings. The summed E-state index contributed by atoms with van der Waals surface area (Å²) in [6.07, 6.45) is 1.26. The van der Waals surface area contributed by atoms with Crippen LogP contribution in [0.15, 0.2) is 0 Å². The third-order valence-electron chi connectivity index (χ3n) is 2.53. The van der Waals surface area contributed by atoms with Crippen molar-refractivity contribution in [3.8, 4) is 0 Å². The van der Waals surface area contributed by atoms with Crippen LogP contribution >= 0.6 is 0 Å². The molecule has 0 radical (unpaired) electrons. The molecule has 3 atom stereocenters. The number of fused-ring (bicyclic) bond motifs is 1. The Kier molecular flexibility index (Phi) is 1.20. The van der Waals surface area contributed by atoms with E-state index in [1.807, 2.05) is 0 Å². The van der Waals surface area contributed by atoms with Gasteiger partial charge in [-0.3, -0.25) is 4.79 Å². The zero-order chi connectivity index (χ0) is 7.14. The molecule has 3 unspecified atom stereocenters. The Morgan fingerprint density at radius 3 is 2.90 bits per heavy atom. The molecule has 1 saturated carbocycles. The number of hydrogen-bond acceptors (Lipinski definition) is 2. The van der Waals surface area contributed by atoms with Crippen molar-refractivity contribution in [2.45, 2.75) is 12.5 Å². The number of piperidine rings is 1. The van der Waals surface area contributed by atoms with Gasteiger partial charge in [0.2, 0.25) is 5.91 Å². The Bertz CT molecular complexity index is 169. The highest BCUT2D eigenvalue weighted by Crippen LogP contribution is 2.44. The third kappa shape index (κ3) is 0.736. The molecule has 3 nitrogen and oxygen atoms in total. The monoisotopic (exact) mass is 140 g/mol. The molecule has 0 spiro atoms. The van der Waals surface area contributed by atoms with E-state index in [1.54, 1.807) is 7.05 Å². The van der Waals surface area contributed by atoms with Crippen LogP contribution in [0.2, 0.25) is 0 Å². The minimum atomic E-state index is 0.120. The standard InChI is InChI=1S/C7H12N2O/c1-8-7(10)6-5-2-4(5)3-9-6/h4-6,9H,2-3H2,1H3,(H,8,10). The lowest BCUT2D eigenvalue weighted by Crippen LogP contribution is -2.41. The lowest BCUT2D eigenvalue weighted by molar-refractivity contribution is -0.122. The molecular weight excluding hydrogens is 128 g/mol. The van der Waals surface area contributed by atoms with Crippen molar-refractivity contribution >= 4 is 5.91 Å². The van der Waals surface area contributed by atoms with E-state index < -0.39 is 0 Å². The molecule has 2 rings (SSSR count). The van der Waals surface area contributed by atoms with Crippen molar-refractivity contribution in [2.75, 3.05) is 13.6 Å². The quantitative estimate of drug-likeness (QED) is 0.507. The van der Waals surface area contributed by atoms with Crippen molar-refractivity contribution in [3.05, 3.63) is 0 Å². The van der Waals surface area contributed by atoms with Gasteiger partial charge in [-0.2, -0.15) is 0 Å². The normalized spacial score (nSPS) is 42.7. The molecule has 1 saturated heterocycles. The fourth-order valence-electron chi connectivity index (χ4n) is 1.79. The summed E-state index contributed by atoms with van der Waals surface area (Å²) in [5, 5.41) is 5.86. The lowest BCUT2D eigenvalue weighted by Gasteiger charge is -2.09. The Morgan fingerprint density at radius 1 is 1.70 bits per heavy atom. The van der Waals surface area contributed by atoms with Gasteiger partial charge in [0.15, 0.2) is 0 Å². The molecule has 2 N–H and O–H groups in total. The molecular formula is C7H12N2O. The molecule has 1 aliphatic carbocycles. The summed E-state index contributed by atoms with van der Waals surface area (Å²) in [5.41, 5.74) is 0. The smallest absolute Gasteiger partial charge is 0.237 e. The van der Waals surface area contributed by atoms with Crippen LogP contribution in [0.1, 0.15) is 6.42 Å². The maximum absolute atomic E-state index is 11.1. The summed E-state index contributed by atoms with van der Waals surface area (Å²) in [6, 6.07) is 0.120. The van der Waals surface area contributed by atoms with Crippen molar-refractivity contribution in [2.24, 2.45) is 11.8 Å². The molecule has 10 heavy (non-hydrogen) atoms. The molecule has 0 aromatic rings. The minimum absolute atomic E-state index is 0.120. The van der Waals surface area contributed by atoms with Crippen LogP contribution in [0.4, 0.5) is 0 Å². The van der Waals surface area contributed by atoms with Crippen LogP contribution in [-0.4, -0.2) is 25.5 Å². The van der Waals surface area contributed by atoms with Gasteiger partial charge in [-0.25, -0.2) is 0 Å². The number of amides is 1. The first-order valence-electron chi connectivity index (χ1n) is 3.78. The number of likely N-dealkylation sites (N-methyl/N-ethyl adjacent to an activating group) is 1. The SMILES string of the molecule is CNC(=O)C1NCC2CC21. The Hall–Kier alpha value is -0.570. The second-order valence-electron chi connectivity index (χ2n) is 3.16. The van der Waals surface area contributed by atoms with E-state index in [9.17, 15) is 4.79 Å². The second-order valence-corrected chi connectivity index (χ2v) is 3.16. The third-order valence-corrected chi connectivity index (χ3v) is 2.53. The molecule has 2 aliphatic rings. The van der Waals surface area contributed by atoms with Gasteiger partial charge in [-0.1, -0.05) is 0 Å². The first kappa shape index (κ1) is 6.16. The number of hydrogen-bond donors (Lipinski definition) is 2. The molecule has 1 heterocycles. The molecule has 0 aromatic heterocycles. The Balaban J connectivity index is 1.98. The number of rotatable bonds is 1. The zero-order valence-electron chi connectivity index (χ0n) is 6.05. The molecule has 3 heteroatoms. The van der Waals surface area contributed by atoms with Crippen molar-refractivity contribution in [3.63, 3.8) is 0 Å². The average Bonchev–Trinajstić information content (AvgIpc) is 2.62. The zero-order valence-corrected chi connectivity index (χ0v) is 6.05. The second kappa shape index (κ2) is 1.95. The largest absolute Gasteiger partial charge is 0.358 e. The highest BCUT2D eigenvalue weighted by atomic mass is 16.2. The fourth-order valence-corrected chi connectivity index (χ4v) is 1.79. The highest BCUT2D eigenvalue weighted by molar-refractivity contribution is 5.82. The van der Waals surface area contributed by atoms with Crippen LogP contribution in [0.25, 0.3) is 0 Å². The van der Waals surface area contributed by atoms with Crippen LogP contribution in [0, 0.1) is 11.8 Å². The van der Waals surface area contributed by atoms with Gasteiger partial charge in [0.05, 0.1) is 6.04 Å². The van der Waals surface area contributed by atoms with E-state index in [4.69, 9.17) is 0 Å². The van der Waals surface area contributed by atoms with Gasteiger partial charge < -0.3 is 10.6 Å². The molecule has 56 valence electrons. The molecule has 1 aliphatic heterocycles. The fraction of sp³-hybridized carbons (Fsp3) is 0.857. The van der Waals surface area contributed by atoms with E-state index in [2.05, 4.69) is 10.6 Å². The Morgan fingerprint density at radius 2 is 2.50 bits per heavy atom. The molecule has 0 aromatic carbocycles. The van der Waals surface area contributed by atoms with Gasteiger partial charge >= 0.3 is 0 Å². The maximum atomic E-state index is 11.1. The van der Waals surface area contributed by atoms with E-state index in [1.165, 1.54) is 6.42 Å². The minimum Gasteiger partial charge on any atom is -0.358 e.